The second kappa shape index (κ2) is 17.5. The molecule has 10 nitrogen and oxygen atoms in total. The number of rotatable bonds is 8. The van der Waals surface area contributed by atoms with E-state index >= 15 is 0 Å². The van der Waals surface area contributed by atoms with Gasteiger partial charge in [-0.05, 0) is 75.3 Å². The molecule has 7 atom stereocenters. The number of allylic oxidation sites excluding steroid dienone is 4. The third-order valence-corrected chi connectivity index (χ3v) is 19.8. The highest BCUT2D eigenvalue weighted by Gasteiger charge is 2.86. The van der Waals surface area contributed by atoms with Crippen molar-refractivity contribution in [2.75, 3.05) is 116 Å². The summed E-state index contributed by atoms with van der Waals surface area (Å²) in [7, 11) is 4.18. The van der Waals surface area contributed by atoms with Gasteiger partial charge in [0, 0.05) is 69.1 Å². The number of morpholine rings is 1. The second-order valence-corrected chi connectivity index (χ2v) is 21.0. The van der Waals surface area contributed by atoms with Crippen LogP contribution in [0, 0.1) is 0 Å². The molecule has 9 aliphatic rings. The summed E-state index contributed by atoms with van der Waals surface area (Å²) in [6.07, 6.45) is 23.0. The number of piperazine rings is 1. The minimum atomic E-state index is -0.619. The number of hydrogen-bond acceptors (Lipinski definition) is 14. The van der Waals surface area contributed by atoms with E-state index < -0.39 is 20.8 Å². The molecule has 9 rings (SSSR count). The quantitative estimate of drug-likeness (QED) is 0.334. The topological polar surface area (TPSA) is 71.1 Å². The highest BCUT2D eigenvalue weighted by atomic mass is 33.1. The lowest BCUT2D eigenvalue weighted by Crippen LogP contribution is -2.98. The van der Waals surface area contributed by atoms with E-state index in [-0.39, 0.29) is 12.2 Å². The molecule has 0 amide bonds. The fourth-order valence-corrected chi connectivity index (χ4v) is 19.2. The molecule has 14 heteroatoms. The van der Waals surface area contributed by atoms with Crippen molar-refractivity contribution in [2.45, 2.75) is 83.2 Å². The molecule has 0 bridgehead atoms. The Balaban J connectivity index is 1.45. The van der Waals surface area contributed by atoms with Crippen LogP contribution >= 0.6 is 45.1 Å². The number of piperidine rings is 1. The Morgan fingerprint density at radius 1 is 0.722 bits per heavy atom. The summed E-state index contributed by atoms with van der Waals surface area (Å²) in [4.78, 5) is 11.5. The van der Waals surface area contributed by atoms with Crippen LogP contribution in [-0.4, -0.2) is 174 Å². The Kier molecular flexibility index (Phi) is 12.7. The molecule has 0 spiro atoms. The summed E-state index contributed by atoms with van der Waals surface area (Å²) in [6.45, 7) is 13.1. The predicted molar refractivity (Wildman–Crippen MR) is 224 cm³/mol. The van der Waals surface area contributed by atoms with Gasteiger partial charge in [0.15, 0.2) is 0 Å². The number of likely N-dealkylation sites (tertiary alicyclic amines) is 1. The maximum absolute atomic E-state index is 7.29. The molecule has 7 unspecified atom stereocenters. The molecule has 7 saturated heterocycles. The van der Waals surface area contributed by atoms with Crippen LogP contribution in [0.5, 0.6) is 0 Å². The third kappa shape index (κ3) is 6.24. The lowest BCUT2D eigenvalue weighted by atomic mass is 9.58. The zero-order valence-electron chi connectivity index (χ0n) is 31.9. The summed E-state index contributed by atoms with van der Waals surface area (Å²) in [5.74, 6) is 4.49. The standard InChI is InChI=1S/C40H61N5O5S4/c1-5-15-42(16-6-1)38(36-12-4-9-29-52-36)37(33-10-2-7-23-48-33,34-11-3-8-24-49-34)53-54-39(35-32-47-27-28-50-35,43-17-13-41-14-18-43)40(38,44-19-25-46-26-20-44)45-21-30-51-31-22-45/h2,7-8,10-11,23-24,33,35-36,41H,1,3-6,9,12-22,25-32H2. The summed E-state index contributed by atoms with van der Waals surface area (Å²) >= 11 is 4.38. The highest BCUT2D eigenvalue weighted by molar-refractivity contribution is 8.77. The molecule has 54 heavy (non-hydrogen) atoms. The van der Waals surface area contributed by atoms with E-state index in [1.807, 2.05) is 12.5 Å². The van der Waals surface area contributed by atoms with Crippen molar-refractivity contribution < 1.29 is 23.7 Å². The summed E-state index contributed by atoms with van der Waals surface area (Å²) in [5, 5.41) is 4.07. The summed E-state index contributed by atoms with van der Waals surface area (Å²) < 4.78 is 33.8. The van der Waals surface area contributed by atoms with Crippen molar-refractivity contribution in [1.82, 2.24) is 24.9 Å². The van der Waals surface area contributed by atoms with Gasteiger partial charge < -0.3 is 29.0 Å². The van der Waals surface area contributed by atoms with Gasteiger partial charge in [0.2, 0.25) is 0 Å². The van der Waals surface area contributed by atoms with E-state index in [0.29, 0.717) is 25.1 Å². The second-order valence-electron chi connectivity index (χ2n) is 15.9. The largest absolute Gasteiger partial charge is 0.492 e. The first-order chi connectivity index (χ1) is 26.8. The fraction of sp³-hybridized carbons (Fsp3) is 0.800. The Hall–Kier alpha value is -0.360. The molecule has 0 aromatic carbocycles. The minimum absolute atomic E-state index is 0.140. The predicted octanol–water partition coefficient (Wildman–Crippen LogP) is 5.01. The normalized spacial score (nSPS) is 42.2. The van der Waals surface area contributed by atoms with Gasteiger partial charge in [-0.1, -0.05) is 40.5 Å². The lowest BCUT2D eigenvalue weighted by Gasteiger charge is -2.80. The van der Waals surface area contributed by atoms with Crippen molar-refractivity contribution >= 4 is 45.1 Å². The van der Waals surface area contributed by atoms with Gasteiger partial charge in [-0.25, -0.2) is 0 Å². The van der Waals surface area contributed by atoms with Gasteiger partial charge in [0.25, 0.3) is 0 Å². The Bertz CT molecular complexity index is 1330. The van der Waals surface area contributed by atoms with Gasteiger partial charge in [-0.2, -0.15) is 23.5 Å². The maximum Gasteiger partial charge on any atom is 0.146 e. The molecule has 0 aliphatic carbocycles. The molecule has 7 fully saturated rings. The van der Waals surface area contributed by atoms with Crippen LogP contribution in [0.4, 0.5) is 0 Å². The molecule has 0 radical (unpaired) electrons. The van der Waals surface area contributed by atoms with Gasteiger partial charge in [0.1, 0.15) is 33.2 Å². The van der Waals surface area contributed by atoms with Crippen LogP contribution in [0.15, 0.2) is 48.7 Å². The zero-order chi connectivity index (χ0) is 36.3. The third-order valence-electron chi connectivity index (χ3n) is 13.4. The molecule has 9 heterocycles. The van der Waals surface area contributed by atoms with E-state index in [1.54, 1.807) is 0 Å². The van der Waals surface area contributed by atoms with Gasteiger partial charge in [-0.3, -0.25) is 19.6 Å². The lowest BCUT2D eigenvalue weighted by molar-refractivity contribution is -0.272. The average Bonchev–Trinajstić information content (AvgIpc) is 3.28. The van der Waals surface area contributed by atoms with Crippen molar-refractivity contribution in [3.05, 3.63) is 48.7 Å². The van der Waals surface area contributed by atoms with Crippen LogP contribution in [0.1, 0.15) is 44.9 Å². The van der Waals surface area contributed by atoms with Crippen LogP contribution in [-0.2, 0) is 23.7 Å². The van der Waals surface area contributed by atoms with Crippen LogP contribution in [0.3, 0.4) is 0 Å². The minimum Gasteiger partial charge on any atom is -0.492 e. The van der Waals surface area contributed by atoms with Crippen LogP contribution in [0.2, 0.25) is 0 Å². The van der Waals surface area contributed by atoms with E-state index in [1.165, 1.54) is 37.9 Å². The van der Waals surface area contributed by atoms with Crippen molar-refractivity contribution in [3.8, 4) is 0 Å². The molecular formula is C40H61N5O5S4. The number of ether oxygens (including phenoxy) is 5. The molecule has 0 aromatic heterocycles. The van der Waals surface area contributed by atoms with E-state index in [2.05, 4.69) is 100 Å². The SMILES string of the molecule is C1=COC(C2(C3=CCC=CO3)SSC(C3COCCO3)(N3CCNCC3)C(N3CCOCC3)(N3CCSCC3)C2(C2CCCCS2)N2CCCCC2)C=C1. The average molecular weight is 820 g/mol. The number of hydrogen-bond donors (Lipinski definition) is 1. The molecule has 9 aliphatic heterocycles. The van der Waals surface area contributed by atoms with E-state index in [9.17, 15) is 0 Å². The number of nitrogens with one attached hydrogen (secondary N) is 1. The fourth-order valence-electron chi connectivity index (χ4n) is 11.5. The Morgan fingerprint density at radius 3 is 2.26 bits per heavy atom. The van der Waals surface area contributed by atoms with Crippen molar-refractivity contribution in [1.29, 1.82) is 0 Å². The summed E-state index contributed by atoms with van der Waals surface area (Å²) in [5.41, 5.74) is -1.05. The van der Waals surface area contributed by atoms with Crippen LogP contribution < -0.4 is 5.32 Å². The monoisotopic (exact) mass is 819 g/mol. The van der Waals surface area contributed by atoms with Crippen molar-refractivity contribution in [2.24, 2.45) is 0 Å². The Labute approximate surface area is 339 Å². The first kappa shape index (κ1) is 39.1. The molecule has 1 N–H and O–H groups in total. The molecular weight excluding hydrogens is 759 g/mol. The number of nitrogens with zero attached hydrogens (tertiary/aromatic N) is 4. The molecule has 300 valence electrons. The summed E-state index contributed by atoms with van der Waals surface area (Å²) in [6, 6.07) is 0. The van der Waals surface area contributed by atoms with E-state index in [0.717, 1.165) is 109 Å². The van der Waals surface area contributed by atoms with Gasteiger partial charge >= 0.3 is 0 Å². The van der Waals surface area contributed by atoms with Crippen LogP contribution in [0.25, 0.3) is 0 Å². The number of thioether (sulfide) groups is 2. The van der Waals surface area contributed by atoms with E-state index in [4.69, 9.17) is 23.7 Å². The van der Waals surface area contributed by atoms with Gasteiger partial charge in [-0.15, -0.1) is 0 Å². The highest BCUT2D eigenvalue weighted by Crippen LogP contribution is 2.75. The van der Waals surface area contributed by atoms with Crippen molar-refractivity contribution in [3.63, 3.8) is 0 Å². The zero-order valence-corrected chi connectivity index (χ0v) is 35.2. The molecule has 0 aromatic rings. The Morgan fingerprint density at radius 2 is 1.56 bits per heavy atom. The molecule has 0 saturated carbocycles. The smallest absolute Gasteiger partial charge is 0.146 e. The van der Waals surface area contributed by atoms with Gasteiger partial charge in [0.05, 0.1) is 51.1 Å². The first-order valence-electron chi connectivity index (χ1n) is 20.9. The first-order valence-corrected chi connectivity index (χ1v) is 25.2. The maximum atomic E-state index is 7.29.